The summed E-state index contributed by atoms with van der Waals surface area (Å²) in [6.07, 6.45) is 2.52. The third-order valence-corrected chi connectivity index (χ3v) is 2.14. The molecule has 0 aliphatic carbocycles. The molecule has 0 spiro atoms. The Morgan fingerprint density at radius 1 is 1.60 bits per heavy atom. The average molecular weight is 225 g/mol. The van der Waals surface area contributed by atoms with Crippen LogP contribution in [0.5, 0.6) is 5.75 Å². The number of carbonyl (C=O) groups is 1. The lowest BCUT2D eigenvalue weighted by Gasteiger charge is -2.08. The van der Waals surface area contributed by atoms with Gasteiger partial charge in [-0.25, -0.2) is 0 Å². The lowest BCUT2D eigenvalue weighted by molar-refractivity contribution is 0.101. The van der Waals surface area contributed by atoms with Gasteiger partial charge < -0.3 is 4.74 Å². The molecule has 0 aliphatic rings. The highest BCUT2D eigenvalue weighted by Crippen LogP contribution is 2.23. The quantitative estimate of drug-likeness (QED) is 0.435. The van der Waals surface area contributed by atoms with Crippen molar-refractivity contribution in [3.8, 4) is 5.75 Å². The molecule has 0 aliphatic heterocycles. The van der Waals surface area contributed by atoms with Gasteiger partial charge in [-0.05, 0) is 31.5 Å². The second-order valence-electron chi connectivity index (χ2n) is 3.12. The molecule has 3 heteroatoms. The molecule has 1 rings (SSSR count). The SMILES string of the molecule is C=CCCOc1ccc(Cl)cc1C(C)=O. The third kappa shape index (κ3) is 3.40. The Hall–Kier alpha value is -1.28. The van der Waals surface area contributed by atoms with Crippen molar-refractivity contribution in [2.24, 2.45) is 0 Å². The zero-order valence-electron chi connectivity index (χ0n) is 8.63. The van der Waals surface area contributed by atoms with Crippen LogP contribution >= 0.6 is 11.6 Å². The summed E-state index contributed by atoms with van der Waals surface area (Å²) in [7, 11) is 0. The summed E-state index contributed by atoms with van der Waals surface area (Å²) in [6, 6.07) is 5.03. The molecule has 0 heterocycles. The lowest BCUT2D eigenvalue weighted by atomic mass is 10.1. The fourth-order valence-corrected chi connectivity index (χ4v) is 1.33. The van der Waals surface area contributed by atoms with Crippen molar-refractivity contribution in [1.82, 2.24) is 0 Å². The Balaban J connectivity index is 2.85. The summed E-state index contributed by atoms with van der Waals surface area (Å²) in [5.41, 5.74) is 0.520. The number of hydrogen-bond acceptors (Lipinski definition) is 2. The normalized spacial score (nSPS) is 9.73. The van der Waals surface area contributed by atoms with Crippen molar-refractivity contribution in [1.29, 1.82) is 0 Å². The van der Waals surface area contributed by atoms with E-state index < -0.39 is 0 Å². The van der Waals surface area contributed by atoms with Gasteiger partial charge in [0.15, 0.2) is 5.78 Å². The number of Topliss-reactive ketones (excluding diaryl/α,β-unsaturated/α-hetero) is 1. The predicted molar refractivity (Wildman–Crippen MR) is 61.8 cm³/mol. The first kappa shape index (κ1) is 11.8. The molecule has 0 bridgehead atoms. The number of carbonyl (C=O) groups excluding carboxylic acids is 1. The number of ether oxygens (including phenoxy) is 1. The lowest BCUT2D eigenvalue weighted by Crippen LogP contribution is -2.02. The van der Waals surface area contributed by atoms with E-state index in [1.54, 1.807) is 24.3 Å². The average Bonchev–Trinajstić information content (AvgIpc) is 2.20. The topological polar surface area (TPSA) is 26.3 Å². The highest BCUT2D eigenvalue weighted by molar-refractivity contribution is 6.31. The Bertz CT molecular complexity index is 372. The van der Waals surface area contributed by atoms with Gasteiger partial charge in [0, 0.05) is 5.02 Å². The van der Waals surface area contributed by atoms with E-state index in [2.05, 4.69) is 6.58 Å². The van der Waals surface area contributed by atoms with Crippen LogP contribution in [-0.4, -0.2) is 12.4 Å². The summed E-state index contributed by atoms with van der Waals surface area (Å²) in [4.78, 5) is 11.3. The maximum Gasteiger partial charge on any atom is 0.163 e. The van der Waals surface area contributed by atoms with E-state index in [0.29, 0.717) is 22.9 Å². The summed E-state index contributed by atoms with van der Waals surface area (Å²) >= 11 is 5.80. The van der Waals surface area contributed by atoms with Crippen LogP contribution in [-0.2, 0) is 0 Å². The van der Waals surface area contributed by atoms with E-state index in [4.69, 9.17) is 16.3 Å². The van der Waals surface area contributed by atoms with Crippen molar-refractivity contribution in [2.75, 3.05) is 6.61 Å². The predicted octanol–water partition coefficient (Wildman–Crippen LogP) is 3.50. The van der Waals surface area contributed by atoms with Crippen molar-refractivity contribution in [3.05, 3.63) is 41.4 Å². The third-order valence-electron chi connectivity index (χ3n) is 1.90. The molecule has 1 aromatic carbocycles. The fourth-order valence-electron chi connectivity index (χ4n) is 1.16. The van der Waals surface area contributed by atoms with E-state index >= 15 is 0 Å². The van der Waals surface area contributed by atoms with Crippen molar-refractivity contribution >= 4 is 17.4 Å². The monoisotopic (exact) mass is 224 g/mol. The molecule has 2 nitrogen and oxygen atoms in total. The van der Waals surface area contributed by atoms with Gasteiger partial charge in [0.1, 0.15) is 5.75 Å². The van der Waals surface area contributed by atoms with Crippen LogP contribution in [0.2, 0.25) is 5.02 Å². The van der Waals surface area contributed by atoms with Gasteiger partial charge in [0.2, 0.25) is 0 Å². The first-order valence-electron chi connectivity index (χ1n) is 4.69. The Labute approximate surface area is 94.5 Å². The molecule has 0 saturated heterocycles. The van der Waals surface area contributed by atoms with Crippen LogP contribution in [0.1, 0.15) is 23.7 Å². The first-order valence-corrected chi connectivity index (χ1v) is 5.07. The number of benzene rings is 1. The van der Waals surface area contributed by atoms with Crippen molar-refractivity contribution in [2.45, 2.75) is 13.3 Å². The van der Waals surface area contributed by atoms with Crippen LogP contribution < -0.4 is 4.74 Å². The van der Waals surface area contributed by atoms with Gasteiger partial charge in [-0.15, -0.1) is 6.58 Å². The smallest absolute Gasteiger partial charge is 0.163 e. The summed E-state index contributed by atoms with van der Waals surface area (Å²) in [5.74, 6) is 0.528. The molecule has 80 valence electrons. The van der Waals surface area contributed by atoms with Gasteiger partial charge in [0.25, 0.3) is 0 Å². The Morgan fingerprint density at radius 2 is 2.33 bits per heavy atom. The van der Waals surface area contributed by atoms with E-state index in [1.807, 2.05) is 0 Å². The van der Waals surface area contributed by atoms with Crippen LogP contribution in [0.15, 0.2) is 30.9 Å². The van der Waals surface area contributed by atoms with E-state index in [0.717, 1.165) is 6.42 Å². The summed E-state index contributed by atoms with van der Waals surface area (Å²) in [6.45, 7) is 5.61. The van der Waals surface area contributed by atoms with Gasteiger partial charge >= 0.3 is 0 Å². The van der Waals surface area contributed by atoms with E-state index in [-0.39, 0.29) is 5.78 Å². The molecular formula is C12H13ClO2. The van der Waals surface area contributed by atoms with Crippen molar-refractivity contribution in [3.63, 3.8) is 0 Å². The zero-order valence-corrected chi connectivity index (χ0v) is 9.38. The molecule has 0 unspecified atom stereocenters. The molecule has 0 saturated carbocycles. The minimum Gasteiger partial charge on any atom is -0.493 e. The van der Waals surface area contributed by atoms with Crippen LogP contribution in [0, 0.1) is 0 Å². The molecule has 15 heavy (non-hydrogen) atoms. The molecule has 0 aromatic heterocycles. The largest absolute Gasteiger partial charge is 0.493 e. The second-order valence-corrected chi connectivity index (χ2v) is 3.56. The number of hydrogen-bond donors (Lipinski definition) is 0. The van der Waals surface area contributed by atoms with Crippen LogP contribution in [0.25, 0.3) is 0 Å². The minimum absolute atomic E-state index is 0.0499. The van der Waals surface area contributed by atoms with E-state index in [9.17, 15) is 4.79 Å². The molecule has 0 amide bonds. The molecule has 0 radical (unpaired) electrons. The molecule has 0 fully saturated rings. The first-order chi connectivity index (χ1) is 7.15. The standard InChI is InChI=1S/C12H13ClO2/c1-3-4-7-15-12-6-5-10(13)8-11(12)9(2)14/h3,5-6,8H,1,4,7H2,2H3. The fraction of sp³-hybridized carbons (Fsp3) is 0.250. The molecular weight excluding hydrogens is 212 g/mol. The summed E-state index contributed by atoms with van der Waals surface area (Å²) < 4.78 is 5.44. The van der Waals surface area contributed by atoms with Gasteiger partial charge in [0.05, 0.1) is 12.2 Å². The second kappa shape index (κ2) is 5.56. The number of ketones is 1. The molecule has 1 aromatic rings. The van der Waals surface area contributed by atoms with Crippen LogP contribution in [0.4, 0.5) is 0 Å². The summed E-state index contributed by atoms with van der Waals surface area (Å²) in [5, 5.41) is 0.538. The van der Waals surface area contributed by atoms with Gasteiger partial charge in [-0.2, -0.15) is 0 Å². The maximum atomic E-state index is 11.3. The molecule has 0 N–H and O–H groups in total. The minimum atomic E-state index is -0.0499. The van der Waals surface area contributed by atoms with E-state index in [1.165, 1.54) is 6.92 Å². The van der Waals surface area contributed by atoms with Gasteiger partial charge in [-0.3, -0.25) is 4.79 Å². The Morgan fingerprint density at radius 3 is 2.93 bits per heavy atom. The Kier molecular flexibility index (Phi) is 4.37. The van der Waals surface area contributed by atoms with Crippen LogP contribution in [0.3, 0.4) is 0 Å². The zero-order chi connectivity index (χ0) is 11.3. The van der Waals surface area contributed by atoms with Gasteiger partial charge in [-0.1, -0.05) is 17.7 Å². The maximum absolute atomic E-state index is 11.3. The molecule has 0 atom stereocenters. The highest BCUT2D eigenvalue weighted by atomic mass is 35.5. The number of halogens is 1. The number of rotatable bonds is 5. The highest BCUT2D eigenvalue weighted by Gasteiger charge is 2.08. The van der Waals surface area contributed by atoms with Crippen molar-refractivity contribution < 1.29 is 9.53 Å².